The van der Waals surface area contributed by atoms with Crippen LogP contribution in [0.1, 0.15) is 10.4 Å². The topological polar surface area (TPSA) is 70.3 Å². The van der Waals surface area contributed by atoms with Gasteiger partial charge in [0.1, 0.15) is 11.6 Å². The van der Waals surface area contributed by atoms with Crippen LogP contribution in [0.3, 0.4) is 0 Å². The van der Waals surface area contributed by atoms with Crippen LogP contribution in [-0.2, 0) is 0 Å². The van der Waals surface area contributed by atoms with E-state index in [4.69, 9.17) is 38.3 Å². The zero-order valence-electron chi connectivity index (χ0n) is 7.33. The van der Waals surface area contributed by atoms with Gasteiger partial charge in [0.25, 0.3) is 0 Å². The molecule has 0 saturated heterocycles. The lowest BCUT2D eigenvalue weighted by molar-refractivity contribution is 0.0693. The van der Waals surface area contributed by atoms with Crippen molar-refractivity contribution >= 4 is 29.2 Å². The first-order chi connectivity index (χ1) is 7.06. The van der Waals surface area contributed by atoms with E-state index in [-0.39, 0.29) is 28.0 Å². The standard InChI is InChI=1S/C9H5Cl2NO3/c10-5-3-6(9(13)14)8(7(11)4-5)15-2-1-12/h3-4H,2H2,(H,13,14). The van der Waals surface area contributed by atoms with Crippen LogP contribution in [-0.4, -0.2) is 17.7 Å². The Balaban J connectivity index is 3.22. The summed E-state index contributed by atoms with van der Waals surface area (Å²) < 4.78 is 4.90. The van der Waals surface area contributed by atoms with E-state index in [0.717, 1.165) is 0 Å². The second-order valence-corrected chi connectivity index (χ2v) is 3.36. The molecule has 0 aliphatic rings. The average molecular weight is 246 g/mol. The van der Waals surface area contributed by atoms with E-state index in [9.17, 15) is 4.79 Å². The van der Waals surface area contributed by atoms with E-state index in [1.165, 1.54) is 12.1 Å². The number of carboxylic acid groups (broad SMARTS) is 1. The second-order valence-electron chi connectivity index (χ2n) is 2.52. The summed E-state index contributed by atoms with van der Waals surface area (Å²) in [5.41, 5.74) is -0.164. The summed E-state index contributed by atoms with van der Waals surface area (Å²) in [7, 11) is 0. The molecule has 1 rings (SSSR count). The SMILES string of the molecule is N#CCOc1c(Cl)cc(Cl)cc1C(=O)O. The number of rotatable bonds is 3. The van der Waals surface area contributed by atoms with Gasteiger partial charge in [-0.25, -0.2) is 4.79 Å². The summed E-state index contributed by atoms with van der Waals surface area (Å²) in [6.45, 7) is -0.276. The fourth-order valence-corrected chi connectivity index (χ4v) is 1.52. The Bertz CT molecular complexity index is 440. The van der Waals surface area contributed by atoms with Crippen LogP contribution in [0.5, 0.6) is 5.75 Å². The molecule has 0 unspecified atom stereocenters. The molecule has 0 aliphatic carbocycles. The second kappa shape index (κ2) is 4.87. The van der Waals surface area contributed by atoms with Gasteiger partial charge in [-0.3, -0.25) is 0 Å². The minimum Gasteiger partial charge on any atom is -0.478 e. The van der Waals surface area contributed by atoms with Crippen LogP contribution >= 0.6 is 23.2 Å². The van der Waals surface area contributed by atoms with Crippen LogP contribution in [0.15, 0.2) is 12.1 Å². The van der Waals surface area contributed by atoms with Gasteiger partial charge in [-0.15, -0.1) is 0 Å². The van der Waals surface area contributed by atoms with Crippen LogP contribution in [0.25, 0.3) is 0 Å². The highest BCUT2D eigenvalue weighted by Gasteiger charge is 2.16. The summed E-state index contributed by atoms with van der Waals surface area (Å²) in [6, 6.07) is 4.28. The van der Waals surface area contributed by atoms with E-state index in [1.807, 2.05) is 0 Å². The number of nitriles is 1. The number of hydrogen-bond acceptors (Lipinski definition) is 3. The Hall–Kier alpha value is -1.44. The summed E-state index contributed by atoms with van der Waals surface area (Å²) in [5, 5.41) is 17.4. The number of benzene rings is 1. The van der Waals surface area contributed by atoms with Gasteiger partial charge >= 0.3 is 5.97 Å². The molecule has 1 aromatic carbocycles. The first-order valence-corrected chi connectivity index (χ1v) is 4.54. The summed E-state index contributed by atoms with van der Waals surface area (Å²) in [6.07, 6.45) is 0. The highest BCUT2D eigenvalue weighted by molar-refractivity contribution is 6.36. The normalized spacial score (nSPS) is 9.40. The van der Waals surface area contributed by atoms with Gasteiger partial charge in [0.2, 0.25) is 0 Å². The predicted octanol–water partition coefficient (Wildman–Crippen LogP) is 2.59. The van der Waals surface area contributed by atoms with E-state index in [2.05, 4.69) is 0 Å². The fraction of sp³-hybridized carbons (Fsp3) is 0.111. The molecule has 6 heteroatoms. The maximum atomic E-state index is 10.8. The monoisotopic (exact) mass is 245 g/mol. The smallest absolute Gasteiger partial charge is 0.339 e. The van der Waals surface area contributed by atoms with Gasteiger partial charge in [0.05, 0.1) is 5.02 Å². The van der Waals surface area contributed by atoms with Crippen molar-refractivity contribution in [2.75, 3.05) is 6.61 Å². The van der Waals surface area contributed by atoms with Crippen molar-refractivity contribution in [3.63, 3.8) is 0 Å². The van der Waals surface area contributed by atoms with Gasteiger partial charge in [-0.1, -0.05) is 23.2 Å². The number of nitrogens with zero attached hydrogens (tertiary/aromatic N) is 1. The maximum Gasteiger partial charge on any atom is 0.339 e. The third-order valence-electron chi connectivity index (χ3n) is 1.52. The molecule has 0 heterocycles. The molecule has 0 aliphatic heterocycles. The van der Waals surface area contributed by atoms with Crippen molar-refractivity contribution in [1.82, 2.24) is 0 Å². The Morgan fingerprint density at radius 1 is 1.53 bits per heavy atom. The Morgan fingerprint density at radius 3 is 2.73 bits per heavy atom. The first-order valence-electron chi connectivity index (χ1n) is 3.78. The molecule has 1 N–H and O–H groups in total. The van der Waals surface area contributed by atoms with Gasteiger partial charge in [-0.05, 0) is 12.1 Å². The van der Waals surface area contributed by atoms with E-state index in [0.29, 0.717) is 0 Å². The van der Waals surface area contributed by atoms with Gasteiger partial charge in [-0.2, -0.15) is 5.26 Å². The third kappa shape index (κ3) is 2.75. The van der Waals surface area contributed by atoms with E-state index < -0.39 is 5.97 Å². The molecule has 0 aromatic heterocycles. The van der Waals surface area contributed by atoms with Crippen molar-refractivity contribution in [3.8, 4) is 11.8 Å². The molecule has 1 aromatic rings. The first kappa shape index (κ1) is 11.6. The largest absolute Gasteiger partial charge is 0.478 e. The molecule has 0 amide bonds. The van der Waals surface area contributed by atoms with Gasteiger partial charge in [0, 0.05) is 5.02 Å². The summed E-state index contributed by atoms with van der Waals surface area (Å²) in [4.78, 5) is 10.8. The molecule has 0 saturated carbocycles. The van der Waals surface area contributed by atoms with Crippen LogP contribution in [0.2, 0.25) is 10.0 Å². The lowest BCUT2D eigenvalue weighted by Gasteiger charge is -2.08. The Kier molecular flexibility index (Phi) is 3.78. The average Bonchev–Trinajstić information content (AvgIpc) is 2.15. The minimum absolute atomic E-state index is 0.0462. The summed E-state index contributed by atoms with van der Waals surface area (Å²) in [5.74, 6) is -1.26. The summed E-state index contributed by atoms with van der Waals surface area (Å²) >= 11 is 11.4. The third-order valence-corrected chi connectivity index (χ3v) is 2.02. The lowest BCUT2D eigenvalue weighted by Crippen LogP contribution is -2.04. The van der Waals surface area contributed by atoms with Crippen molar-refractivity contribution in [1.29, 1.82) is 5.26 Å². The molecular weight excluding hydrogens is 241 g/mol. The highest BCUT2D eigenvalue weighted by Crippen LogP contribution is 2.32. The van der Waals surface area contributed by atoms with E-state index >= 15 is 0 Å². The molecule has 0 bridgehead atoms. The van der Waals surface area contributed by atoms with Gasteiger partial charge in [0.15, 0.2) is 12.4 Å². The molecule has 4 nitrogen and oxygen atoms in total. The van der Waals surface area contributed by atoms with Crippen molar-refractivity contribution in [2.45, 2.75) is 0 Å². The number of halogens is 2. The Labute approximate surface area is 95.6 Å². The predicted molar refractivity (Wildman–Crippen MR) is 54.5 cm³/mol. The van der Waals surface area contributed by atoms with Crippen LogP contribution < -0.4 is 4.74 Å². The van der Waals surface area contributed by atoms with Crippen molar-refractivity contribution in [3.05, 3.63) is 27.7 Å². The molecule has 0 atom stereocenters. The lowest BCUT2D eigenvalue weighted by atomic mass is 10.2. The van der Waals surface area contributed by atoms with Crippen molar-refractivity contribution in [2.24, 2.45) is 0 Å². The fourth-order valence-electron chi connectivity index (χ4n) is 0.970. The molecule has 0 radical (unpaired) electrons. The Morgan fingerprint density at radius 2 is 2.20 bits per heavy atom. The molecule has 0 spiro atoms. The van der Waals surface area contributed by atoms with Crippen molar-refractivity contribution < 1.29 is 14.6 Å². The number of hydrogen-bond donors (Lipinski definition) is 1. The van der Waals surface area contributed by atoms with Gasteiger partial charge < -0.3 is 9.84 Å². The molecule has 0 fully saturated rings. The zero-order chi connectivity index (χ0) is 11.4. The quantitative estimate of drug-likeness (QED) is 0.889. The number of carboxylic acids is 1. The molecule has 15 heavy (non-hydrogen) atoms. The number of aromatic carboxylic acids is 1. The van der Waals surface area contributed by atoms with Crippen LogP contribution in [0, 0.1) is 11.3 Å². The highest BCUT2D eigenvalue weighted by atomic mass is 35.5. The minimum atomic E-state index is -1.22. The molecule has 78 valence electrons. The maximum absolute atomic E-state index is 10.8. The number of carbonyl (C=O) groups is 1. The van der Waals surface area contributed by atoms with Crippen LogP contribution in [0.4, 0.5) is 0 Å². The van der Waals surface area contributed by atoms with E-state index in [1.54, 1.807) is 6.07 Å². The molecular formula is C9H5Cl2NO3. The number of ether oxygens (including phenoxy) is 1. The zero-order valence-corrected chi connectivity index (χ0v) is 8.84.